The number of nitrogens with one attached hydrogen (secondary N) is 1. The lowest BCUT2D eigenvalue weighted by molar-refractivity contribution is -0.140. The maximum atomic E-state index is 12.7. The Labute approximate surface area is 181 Å². The molecule has 1 aliphatic heterocycles. The summed E-state index contributed by atoms with van der Waals surface area (Å²) in [6.07, 6.45) is 0.692. The van der Waals surface area contributed by atoms with E-state index in [1.54, 1.807) is 11.8 Å². The van der Waals surface area contributed by atoms with Gasteiger partial charge in [0.2, 0.25) is 5.91 Å². The highest BCUT2D eigenvalue weighted by Crippen LogP contribution is 2.44. The smallest absolute Gasteiger partial charge is 0.407 e. The zero-order valence-electron chi connectivity index (χ0n) is 17.4. The monoisotopic (exact) mass is 422 g/mol. The van der Waals surface area contributed by atoms with Gasteiger partial charge in [-0.05, 0) is 42.0 Å². The van der Waals surface area contributed by atoms with Crippen molar-refractivity contribution in [1.29, 1.82) is 0 Å². The van der Waals surface area contributed by atoms with E-state index in [1.807, 2.05) is 36.4 Å². The van der Waals surface area contributed by atoms with Crippen molar-refractivity contribution in [2.75, 3.05) is 13.2 Å². The van der Waals surface area contributed by atoms with Gasteiger partial charge in [-0.3, -0.25) is 9.59 Å². The number of fused-ring (bicyclic) bond motifs is 3. The van der Waals surface area contributed by atoms with Crippen LogP contribution < -0.4 is 5.32 Å². The molecule has 2 N–H and O–H groups in total. The third kappa shape index (κ3) is 4.26. The third-order valence-corrected chi connectivity index (χ3v) is 6.12. The molecule has 1 heterocycles. The summed E-state index contributed by atoms with van der Waals surface area (Å²) >= 11 is 0. The van der Waals surface area contributed by atoms with Gasteiger partial charge in [-0.15, -0.1) is 0 Å². The number of hydrogen-bond donors (Lipinski definition) is 2. The Morgan fingerprint density at radius 3 is 2.32 bits per heavy atom. The summed E-state index contributed by atoms with van der Waals surface area (Å²) in [7, 11) is 0. The number of likely N-dealkylation sites (tertiary alicyclic amines) is 1. The van der Waals surface area contributed by atoms with Crippen molar-refractivity contribution in [1.82, 2.24) is 10.2 Å². The predicted octanol–water partition coefficient (Wildman–Crippen LogP) is 3.38. The molecule has 1 aliphatic carbocycles. The van der Waals surface area contributed by atoms with E-state index in [9.17, 15) is 14.4 Å². The van der Waals surface area contributed by atoms with Crippen molar-refractivity contribution in [3.05, 3.63) is 59.7 Å². The molecule has 0 aromatic heterocycles. The second kappa shape index (κ2) is 8.79. The molecule has 2 atom stereocenters. The number of hydrogen-bond acceptors (Lipinski definition) is 4. The Kier molecular flexibility index (Phi) is 5.93. The largest absolute Gasteiger partial charge is 0.481 e. The lowest BCUT2D eigenvalue weighted by atomic mass is 9.98. The van der Waals surface area contributed by atoms with Gasteiger partial charge in [-0.2, -0.15) is 0 Å². The van der Waals surface area contributed by atoms with Gasteiger partial charge in [-0.1, -0.05) is 48.5 Å². The standard InChI is InChI=1S/C24H26N2O5/c1-15(23(29)26-12-6-7-16(26)13-22(27)28)25-24(30)31-14-21-19-10-4-2-8-17(19)18-9-3-5-11-20(18)21/h2-5,8-11,15-16,21H,6-7,12-14H2,1H3,(H,25,30)(H,27,28)/t15?,16-/m1/s1. The Bertz CT molecular complexity index is 959. The fourth-order valence-corrected chi connectivity index (χ4v) is 4.67. The van der Waals surface area contributed by atoms with Crippen molar-refractivity contribution >= 4 is 18.0 Å². The van der Waals surface area contributed by atoms with E-state index in [2.05, 4.69) is 17.4 Å². The van der Waals surface area contributed by atoms with Gasteiger partial charge in [0.1, 0.15) is 12.6 Å². The van der Waals surface area contributed by atoms with Crippen LogP contribution in [0.5, 0.6) is 0 Å². The number of ether oxygens (including phenoxy) is 1. The van der Waals surface area contributed by atoms with E-state index in [0.29, 0.717) is 13.0 Å². The summed E-state index contributed by atoms with van der Waals surface area (Å²) in [5.74, 6) is -1.26. The lowest BCUT2D eigenvalue weighted by Gasteiger charge is -2.27. The van der Waals surface area contributed by atoms with Crippen LogP contribution in [0.2, 0.25) is 0 Å². The zero-order valence-corrected chi connectivity index (χ0v) is 17.4. The maximum absolute atomic E-state index is 12.7. The first-order chi connectivity index (χ1) is 15.0. The van der Waals surface area contributed by atoms with Crippen LogP contribution in [0.1, 0.15) is 43.2 Å². The molecule has 2 aliphatic rings. The molecule has 4 rings (SSSR count). The Balaban J connectivity index is 1.36. The number of benzene rings is 2. The van der Waals surface area contributed by atoms with Gasteiger partial charge in [0, 0.05) is 18.5 Å². The quantitative estimate of drug-likeness (QED) is 0.744. The van der Waals surface area contributed by atoms with Crippen LogP contribution in [0.15, 0.2) is 48.5 Å². The zero-order chi connectivity index (χ0) is 22.0. The number of amides is 2. The van der Waals surface area contributed by atoms with Crippen LogP contribution in [-0.2, 0) is 14.3 Å². The molecule has 0 saturated carbocycles. The van der Waals surface area contributed by atoms with Crippen LogP contribution in [0.3, 0.4) is 0 Å². The molecule has 31 heavy (non-hydrogen) atoms. The predicted molar refractivity (Wildman–Crippen MR) is 115 cm³/mol. The fraction of sp³-hybridized carbons (Fsp3) is 0.375. The van der Waals surface area contributed by atoms with Crippen LogP contribution in [0.4, 0.5) is 4.79 Å². The van der Waals surface area contributed by atoms with Crippen molar-refractivity contribution in [2.45, 2.75) is 44.2 Å². The molecule has 7 heteroatoms. The van der Waals surface area contributed by atoms with Crippen molar-refractivity contribution < 1.29 is 24.2 Å². The van der Waals surface area contributed by atoms with Crippen LogP contribution in [0.25, 0.3) is 11.1 Å². The van der Waals surface area contributed by atoms with Gasteiger partial charge in [0.25, 0.3) is 0 Å². The van der Waals surface area contributed by atoms with E-state index in [4.69, 9.17) is 9.84 Å². The molecule has 7 nitrogen and oxygen atoms in total. The Morgan fingerprint density at radius 1 is 1.10 bits per heavy atom. The Morgan fingerprint density at radius 2 is 1.71 bits per heavy atom. The number of nitrogens with zero attached hydrogens (tertiary/aromatic N) is 1. The van der Waals surface area contributed by atoms with Crippen LogP contribution >= 0.6 is 0 Å². The number of carbonyl (C=O) groups is 3. The van der Waals surface area contributed by atoms with E-state index in [1.165, 1.54) is 0 Å². The average molecular weight is 422 g/mol. The number of carbonyl (C=O) groups excluding carboxylic acids is 2. The van der Waals surface area contributed by atoms with Gasteiger partial charge >= 0.3 is 12.1 Å². The first-order valence-electron chi connectivity index (χ1n) is 10.6. The van der Waals surface area contributed by atoms with E-state index in [-0.39, 0.29) is 30.9 Å². The minimum atomic E-state index is -0.929. The molecule has 1 unspecified atom stereocenters. The topological polar surface area (TPSA) is 95.9 Å². The molecule has 2 aromatic rings. The van der Waals surface area contributed by atoms with Gasteiger partial charge in [-0.25, -0.2) is 4.79 Å². The summed E-state index contributed by atoms with van der Waals surface area (Å²) in [5.41, 5.74) is 4.53. The number of rotatable bonds is 6. The molecule has 1 fully saturated rings. The molecular formula is C24H26N2O5. The van der Waals surface area contributed by atoms with E-state index in [0.717, 1.165) is 28.7 Å². The third-order valence-electron chi connectivity index (χ3n) is 6.12. The van der Waals surface area contributed by atoms with Crippen LogP contribution in [0, 0.1) is 0 Å². The number of alkyl carbamates (subject to hydrolysis) is 1. The molecule has 2 amide bonds. The summed E-state index contributed by atoms with van der Waals surface area (Å²) in [6.45, 7) is 2.28. The summed E-state index contributed by atoms with van der Waals surface area (Å²) in [6, 6.07) is 15.1. The SMILES string of the molecule is CC(NC(=O)OCC1c2ccccc2-c2ccccc21)C(=O)N1CCC[C@@H]1CC(=O)O. The molecule has 162 valence electrons. The first kappa shape index (κ1) is 20.9. The average Bonchev–Trinajstić information content (AvgIpc) is 3.33. The maximum Gasteiger partial charge on any atom is 0.407 e. The minimum Gasteiger partial charge on any atom is -0.481 e. The highest BCUT2D eigenvalue weighted by Gasteiger charge is 2.34. The Hall–Kier alpha value is -3.35. The van der Waals surface area contributed by atoms with Gasteiger partial charge < -0.3 is 20.1 Å². The summed E-state index contributed by atoms with van der Waals surface area (Å²) < 4.78 is 5.50. The lowest BCUT2D eigenvalue weighted by Crippen LogP contribution is -2.49. The van der Waals surface area contributed by atoms with Crippen molar-refractivity contribution in [3.8, 4) is 11.1 Å². The highest BCUT2D eigenvalue weighted by atomic mass is 16.5. The fourth-order valence-electron chi connectivity index (χ4n) is 4.67. The molecule has 1 saturated heterocycles. The molecular weight excluding hydrogens is 396 g/mol. The van der Waals surface area contributed by atoms with Crippen molar-refractivity contribution in [3.63, 3.8) is 0 Å². The summed E-state index contributed by atoms with van der Waals surface area (Å²) in [5, 5.41) is 11.6. The van der Waals surface area contributed by atoms with Crippen molar-refractivity contribution in [2.24, 2.45) is 0 Å². The second-order valence-electron chi connectivity index (χ2n) is 8.12. The van der Waals surface area contributed by atoms with Gasteiger partial charge in [0.05, 0.1) is 6.42 Å². The first-order valence-corrected chi connectivity index (χ1v) is 10.6. The highest BCUT2D eigenvalue weighted by molar-refractivity contribution is 5.86. The molecule has 0 bridgehead atoms. The minimum absolute atomic E-state index is 0.0531. The van der Waals surface area contributed by atoms with Gasteiger partial charge in [0.15, 0.2) is 0 Å². The van der Waals surface area contributed by atoms with Crippen LogP contribution in [-0.4, -0.2) is 53.2 Å². The normalized spacial score (nSPS) is 18.2. The second-order valence-corrected chi connectivity index (χ2v) is 8.12. The number of aliphatic carboxylic acids is 1. The molecule has 0 radical (unpaired) electrons. The number of carboxylic acid groups (broad SMARTS) is 1. The summed E-state index contributed by atoms with van der Waals surface area (Å²) in [4.78, 5) is 37.7. The molecule has 2 aromatic carbocycles. The van der Waals surface area contributed by atoms with E-state index >= 15 is 0 Å². The number of carboxylic acids is 1. The molecule has 0 spiro atoms. The van der Waals surface area contributed by atoms with E-state index < -0.39 is 18.1 Å².